The number of hydrogen-bond donors (Lipinski definition) is 2. The van der Waals surface area contributed by atoms with Gasteiger partial charge in [-0.2, -0.15) is 10.2 Å². The first-order valence-electron chi connectivity index (χ1n) is 8.34. The molecule has 0 fully saturated rings. The van der Waals surface area contributed by atoms with Crippen LogP contribution in [0.15, 0.2) is 87.6 Å². The summed E-state index contributed by atoms with van der Waals surface area (Å²) in [5.41, 5.74) is 2.22. The molecular formula is C20H20N4O2. The van der Waals surface area contributed by atoms with Crippen LogP contribution in [0.3, 0.4) is 0 Å². The van der Waals surface area contributed by atoms with Crippen molar-refractivity contribution in [2.45, 2.75) is 13.0 Å². The fraction of sp³-hybridized carbons (Fsp3) is 0.150. The molecule has 2 N–H and O–H groups in total. The van der Waals surface area contributed by atoms with Gasteiger partial charge in [0.25, 0.3) is 0 Å². The van der Waals surface area contributed by atoms with E-state index in [0.29, 0.717) is 5.69 Å². The average molecular weight is 348 g/mol. The molecule has 1 atom stereocenters. The van der Waals surface area contributed by atoms with E-state index in [9.17, 15) is 4.79 Å². The molecule has 6 nitrogen and oxygen atoms in total. The number of nitrogens with one attached hydrogen (secondary N) is 2. The van der Waals surface area contributed by atoms with Crippen LogP contribution >= 0.6 is 0 Å². The number of rotatable bonds is 7. The Balaban J connectivity index is 1.49. The maximum absolute atomic E-state index is 12.0. The van der Waals surface area contributed by atoms with E-state index in [0.717, 1.165) is 17.1 Å². The fourth-order valence-corrected chi connectivity index (χ4v) is 2.31. The first kappa shape index (κ1) is 17.6. The van der Waals surface area contributed by atoms with Crippen molar-refractivity contribution in [3.63, 3.8) is 0 Å². The van der Waals surface area contributed by atoms with Crippen molar-refractivity contribution in [2.24, 2.45) is 10.2 Å². The van der Waals surface area contributed by atoms with Crippen LogP contribution in [0, 0.1) is 0 Å². The lowest BCUT2D eigenvalue weighted by atomic mass is 10.2. The van der Waals surface area contributed by atoms with Gasteiger partial charge in [0, 0.05) is 5.69 Å². The highest BCUT2D eigenvalue weighted by molar-refractivity contribution is 5.92. The molecule has 0 aliphatic carbocycles. The molecule has 3 rings (SSSR count). The van der Waals surface area contributed by atoms with Crippen molar-refractivity contribution in [3.8, 4) is 0 Å². The average Bonchev–Trinajstić information content (AvgIpc) is 3.21. The van der Waals surface area contributed by atoms with Crippen LogP contribution in [-0.4, -0.2) is 12.5 Å². The van der Waals surface area contributed by atoms with Crippen molar-refractivity contribution < 1.29 is 9.21 Å². The number of hydrogen-bond acceptors (Lipinski definition) is 5. The third-order valence-corrected chi connectivity index (χ3v) is 3.73. The van der Waals surface area contributed by atoms with E-state index in [4.69, 9.17) is 4.42 Å². The lowest BCUT2D eigenvalue weighted by Gasteiger charge is -2.11. The molecule has 0 aliphatic rings. The van der Waals surface area contributed by atoms with Gasteiger partial charge in [0.2, 0.25) is 5.91 Å². The minimum Gasteiger partial charge on any atom is -0.468 e. The quantitative estimate of drug-likeness (QED) is 0.591. The molecule has 0 bridgehead atoms. The fourth-order valence-electron chi connectivity index (χ4n) is 2.31. The summed E-state index contributed by atoms with van der Waals surface area (Å²) in [5.74, 6) is 0.674. The topological polar surface area (TPSA) is 79.0 Å². The first-order valence-corrected chi connectivity index (χ1v) is 8.34. The van der Waals surface area contributed by atoms with Crippen LogP contribution in [-0.2, 0) is 4.79 Å². The number of carbonyl (C=O) groups excluding carboxylic acids is 1. The van der Waals surface area contributed by atoms with E-state index >= 15 is 0 Å². The van der Waals surface area contributed by atoms with E-state index in [1.54, 1.807) is 30.5 Å². The molecule has 132 valence electrons. The van der Waals surface area contributed by atoms with E-state index < -0.39 is 0 Å². The second-order valence-electron chi connectivity index (χ2n) is 5.75. The monoisotopic (exact) mass is 348 g/mol. The molecule has 1 aromatic heterocycles. The van der Waals surface area contributed by atoms with Crippen LogP contribution in [0.5, 0.6) is 0 Å². The van der Waals surface area contributed by atoms with Crippen molar-refractivity contribution >= 4 is 23.0 Å². The smallest absolute Gasteiger partial charge is 0.238 e. The number of azo groups is 1. The van der Waals surface area contributed by atoms with Crippen LogP contribution in [0.4, 0.5) is 17.1 Å². The van der Waals surface area contributed by atoms with Gasteiger partial charge >= 0.3 is 0 Å². The Morgan fingerprint density at radius 3 is 2.31 bits per heavy atom. The molecule has 0 aliphatic heterocycles. The molecule has 1 heterocycles. The Bertz CT molecular complexity index is 843. The second kappa shape index (κ2) is 8.73. The summed E-state index contributed by atoms with van der Waals surface area (Å²) in [6, 6.07) is 20.4. The molecule has 0 radical (unpaired) electrons. The van der Waals surface area contributed by atoms with E-state index in [1.165, 1.54) is 0 Å². The van der Waals surface area contributed by atoms with Crippen molar-refractivity contribution in [3.05, 3.63) is 78.8 Å². The summed E-state index contributed by atoms with van der Waals surface area (Å²) in [4.78, 5) is 12.0. The van der Waals surface area contributed by atoms with Gasteiger partial charge in [-0.3, -0.25) is 10.1 Å². The summed E-state index contributed by atoms with van der Waals surface area (Å²) in [7, 11) is 0. The van der Waals surface area contributed by atoms with Crippen LogP contribution in [0.2, 0.25) is 0 Å². The predicted molar refractivity (Wildman–Crippen MR) is 101 cm³/mol. The minimum atomic E-state index is -0.123. The number of amides is 1. The third kappa shape index (κ3) is 5.12. The number of anilines is 1. The molecule has 0 saturated heterocycles. The highest BCUT2D eigenvalue weighted by Crippen LogP contribution is 2.20. The Hall–Kier alpha value is -3.25. The Labute approximate surface area is 152 Å². The summed E-state index contributed by atoms with van der Waals surface area (Å²) < 4.78 is 5.30. The Kier molecular flexibility index (Phi) is 5.90. The minimum absolute atomic E-state index is 0.0310. The van der Waals surface area contributed by atoms with Gasteiger partial charge in [0.05, 0.1) is 30.2 Å². The Morgan fingerprint density at radius 2 is 1.65 bits per heavy atom. The van der Waals surface area contributed by atoms with Gasteiger partial charge < -0.3 is 9.73 Å². The molecule has 0 saturated carbocycles. The number of benzene rings is 2. The zero-order valence-corrected chi connectivity index (χ0v) is 14.4. The molecule has 6 heteroatoms. The van der Waals surface area contributed by atoms with Gasteiger partial charge in [-0.25, -0.2) is 0 Å². The molecule has 1 amide bonds. The van der Waals surface area contributed by atoms with Crippen molar-refractivity contribution in [1.82, 2.24) is 5.32 Å². The van der Waals surface area contributed by atoms with Crippen molar-refractivity contribution in [2.75, 3.05) is 11.9 Å². The Morgan fingerprint density at radius 1 is 0.962 bits per heavy atom. The lowest BCUT2D eigenvalue weighted by Crippen LogP contribution is -2.29. The standard InChI is InChI=1S/C20H20N4O2/c1-15(19-8-5-13-26-19)21-14-20(25)22-16-9-11-18(12-10-16)24-23-17-6-3-2-4-7-17/h2-13,15,21H,14H2,1H3,(H,22,25)/t15-/m0/s1. The molecule has 0 spiro atoms. The van der Waals surface area contributed by atoms with E-state index in [2.05, 4.69) is 20.9 Å². The summed E-state index contributed by atoms with van der Waals surface area (Å²) >= 11 is 0. The summed E-state index contributed by atoms with van der Waals surface area (Å²) in [5, 5.41) is 14.3. The van der Waals surface area contributed by atoms with Gasteiger partial charge in [-0.05, 0) is 55.5 Å². The van der Waals surface area contributed by atoms with E-state index in [1.807, 2.05) is 49.4 Å². The third-order valence-electron chi connectivity index (χ3n) is 3.73. The number of furan rings is 1. The highest BCUT2D eigenvalue weighted by Gasteiger charge is 2.09. The van der Waals surface area contributed by atoms with Crippen LogP contribution < -0.4 is 10.6 Å². The molecule has 2 aromatic carbocycles. The van der Waals surface area contributed by atoms with Crippen LogP contribution in [0.25, 0.3) is 0 Å². The number of nitrogens with zero attached hydrogens (tertiary/aromatic N) is 2. The van der Waals surface area contributed by atoms with Gasteiger partial charge in [-0.1, -0.05) is 18.2 Å². The second-order valence-corrected chi connectivity index (χ2v) is 5.75. The van der Waals surface area contributed by atoms with E-state index in [-0.39, 0.29) is 18.5 Å². The highest BCUT2D eigenvalue weighted by atomic mass is 16.3. The molecule has 26 heavy (non-hydrogen) atoms. The molecule has 0 unspecified atom stereocenters. The predicted octanol–water partition coefficient (Wildman–Crippen LogP) is 4.98. The van der Waals surface area contributed by atoms with Gasteiger partial charge in [0.15, 0.2) is 0 Å². The summed E-state index contributed by atoms with van der Waals surface area (Å²) in [6.07, 6.45) is 1.62. The van der Waals surface area contributed by atoms with Crippen molar-refractivity contribution in [1.29, 1.82) is 0 Å². The normalized spacial score (nSPS) is 12.2. The lowest BCUT2D eigenvalue weighted by molar-refractivity contribution is -0.115. The maximum atomic E-state index is 12.0. The first-order chi connectivity index (χ1) is 12.7. The maximum Gasteiger partial charge on any atom is 0.238 e. The van der Waals surface area contributed by atoms with Crippen LogP contribution in [0.1, 0.15) is 18.7 Å². The number of carbonyl (C=O) groups is 1. The zero-order chi connectivity index (χ0) is 18.2. The molecule has 3 aromatic rings. The summed E-state index contributed by atoms with van der Waals surface area (Å²) in [6.45, 7) is 2.13. The van der Waals surface area contributed by atoms with Gasteiger partial charge in [-0.15, -0.1) is 0 Å². The largest absolute Gasteiger partial charge is 0.468 e. The van der Waals surface area contributed by atoms with Gasteiger partial charge in [0.1, 0.15) is 5.76 Å². The molecular weight excluding hydrogens is 328 g/mol. The zero-order valence-electron chi connectivity index (χ0n) is 14.4. The SMILES string of the molecule is C[C@H](NCC(=O)Nc1ccc(N=Nc2ccccc2)cc1)c1ccco1.